The van der Waals surface area contributed by atoms with E-state index in [1.54, 1.807) is 12.1 Å². The number of nitrogens with zero attached hydrogens (tertiary/aromatic N) is 1. The quantitative estimate of drug-likeness (QED) is 0.821. The molecule has 0 aliphatic carbocycles. The predicted molar refractivity (Wildman–Crippen MR) is 69.3 cm³/mol. The van der Waals surface area contributed by atoms with E-state index in [9.17, 15) is 9.59 Å². The van der Waals surface area contributed by atoms with Crippen molar-refractivity contribution in [2.24, 2.45) is 0 Å². The monoisotopic (exact) mass is 347 g/mol. The number of para-hydroxylation sites is 1. The minimum absolute atomic E-state index is 0.00400. The van der Waals surface area contributed by atoms with Gasteiger partial charge in [-0.3, -0.25) is 4.79 Å². The lowest BCUT2D eigenvalue weighted by atomic mass is 10.1. The number of carboxylic acid groups (broad SMARTS) is 1. The Balaban J connectivity index is 2.49. The molecule has 1 amide bonds. The first kappa shape index (κ1) is 12.3. The first-order chi connectivity index (χ1) is 8.11. The number of halogens is 1. The average molecular weight is 347 g/mol. The second-order valence-corrected chi connectivity index (χ2v) is 4.70. The summed E-state index contributed by atoms with van der Waals surface area (Å²) in [5, 5.41) is 9.13. The third-order valence-corrected chi connectivity index (χ3v) is 3.34. The maximum absolute atomic E-state index is 11.7. The molecule has 1 aromatic rings. The van der Waals surface area contributed by atoms with Gasteiger partial charge in [0.1, 0.15) is 6.61 Å². The van der Waals surface area contributed by atoms with Crippen molar-refractivity contribution in [1.29, 1.82) is 0 Å². The van der Waals surface area contributed by atoms with Crippen molar-refractivity contribution in [3.8, 4) is 0 Å². The summed E-state index contributed by atoms with van der Waals surface area (Å²) in [4.78, 5) is 24.4. The Morgan fingerprint density at radius 2 is 2.24 bits per heavy atom. The van der Waals surface area contributed by atoms with E-state index < -0.39 is 5.97 Å². The number of benzene rings is 1. The highest BCUT2D eigenvalue weighted by Gasteiger charge is 2.26. The lowest BCUT2D eigenvalue weighted by Crippen LogP contribution is -2.42. The highest BCUT2D eigenvalue weighted by atomic mass is 127. The lowest BCUT2D eigenvalue weighted by Gasteiger charge is -2.28. The lowest BCUT2D eigenvalue weighted by molar-refractivity contribution is -0.125. The number of carbonyl (C=O) groups is 2. The molecule has 2 rings (SSSR count). The van der Waals surface area contributed by atoms with E-state index in [0.717, 1.165) is 3.57 Å². The summed E-state index contributed by atoms with van der Waals surface area (Å²) in [6.45, 7) is 0.818. The summed E-state index contributed by atoms with van der Waals surface area (Å²) >= 11 is 2.03. The predicted octanol–water partition coefficient (Wildman–Crippen LogP) is 1.35. The molecule has 1 aliphatic rings. The standard InChI is InChI=1S/C11H10INO4/c12-8-3-1-2-7(11(15)16)10(8)13-4-5-17-6-9(13)14/h1-3H,4-6H2,(H,15,16). The van der Waals surface area contributed by atoms with Gasteiger partial charge in [-0.1, -0.05) is 6.07 Å². The number of anilines is 1. The topological polar surface area (TPSA) is 66.8 Å². The van der Waals surface area contributed by atoms with Crippen LogP contribution in [0, 0.1) is 3.57 Å². The van der Waals surface area contributed by atoms with Gasteiger partial charge in [0.15, 0.2) is 0 Å². The van der Waals surface area contributed by atoms with Crippen LogP contribution in [0.25, 0.3) is 0 Å². The number of amides is 1. The second kappa shape index (κ2) is 5.01. The van der Waals surface area contributed by atoms with Crippen molar-refractivity contribution in [2.45, 2.75) is 0 Å². The van der Waals surface area contributed by atoms with Crippen molar-refractivity contribution >= 4 is 40.2 Å². The molecule has 17 heavy (non-hydrogen) atoms. The summed E-state index contributed by atoms with van der Waals surface area (Å²) in [6.07, 6.45) is 0. The van der Waals surface area contributed by atoms with Gasteiger partial charge in [0, 0.05) is 10.1 Å². The first-order valence-corrected chi connectivity index (χ1v) is 6.09. The summed E-state index contributed by atoms with van der Waals surface area (Å²) in [5.41, 5.74) is 0.612. The smallest absolute Gasteiger partial charge is 0.337 e. The van der Waals surface area contributed by atoms with Crippen LogP contribution >= 0.6 is 22.6 Å². The average Bonchev–Trinajstić information content (AvgIpc) is 2.30. The minimum atomic E-state index is -1.03. The van der Waals surface area contributed by atoms with Gasteiger partial charge in [0.2, 0.25) is 0 Å². The van der Waals surface area contributed by atoms with Crippen LogP contribution in [-0.4, -0.2) is 36.7 Å². The largest absolute Gasteiger partial charge is 0.478 e. The SMILES string of the molecule is O=C(O)c1cccc(I)c1N1CCOCC1=O. The fourth-order valence-electron chi connectivity index (χ4n) is 1.72. The molecule has 1 aromatic carbocycles. The Morgan fingerprint density at radius 1 is 1.47 bits per heavy atom. The molecule has 6 heteroatoms. The highest BCUT2D eigenvalue weighted by Crippen LogP contribution is 2.28. The third kappa shape index (κ3) is 2.42. The van der Waals surface area contributed by atoms with E-state index in [1.807, 2.05) is 22.6 Å². The number of rotatable bonds is 2. The molecule has 0 aromatic heterocycles. The van der Waals surface area contributed by atoms with Crippen LogP contribution in [0.2, 0.25) is 0 Å². The summed E-state index contributed by atoms with van der Waals surface area (Å²) in [7, 11) is 0. The number of carboxylic acids is 1. The highest BCUT2D eigenvalue weighted by molar-refractivity contribution is 14.1. The van der Waals surface area contributed by atoms with E-state index >= 15 is 0 Å². The Bertz CT molecular complexity index is 475. The number of ether oxygens (including phenoxy) is 1. The van der Waals surface area contributed by atoms with Gasteiger partial charge in [0.05, 0.1) is 17.9 Å². The van der Waals surface area contributed by atoms with Gasteiger partial charge in [-0.25, -0.2) is 4.79 Å². The van der Waals surface area contributed by atoms with Crippen LogP contribution in [0.4, 0.5) is 5.69 Å². The van der Waals surface area contributed by atoms with Gasteiger partial charge in [-0.2, -0.15) is 0 Å². The van der Waals surface area contributed by atoms with E-state index in [-0.39, 0.29) is 18.1 Å². The van der Waals surface area contributed by atoms with Crippen molar-refractivity contribution in [1.82, 2.24) is 0 Å². The van der Waals surface area contributed by atoms with E-state index in [0.29, 0.717) is 18.8 Å². The summed E-state index contributed by atoms with van der Waals surface area (Å²) in [5.74, 6) is -1.24. The molecule has 0 unspecified atom stereocenters. The van der Waals surface area contributed by atoms with Crippen molar-refractivity contribution in [2.75, 3.05) is 24.7 Å². The zero-order chi connectivity index (χ0) is 12.4. The Labute approximate surface area is 112 Å². The Morgan fingerprint density at radius 3 is 2.88 bits per heavy atom. The fraction of sp³-hybridized carbons (Fsp3) is 0.273. The molecule has 1 heterocycles. The van der Waals surface area contributed by atoms with Crippen LogP contribution in [0.5, 0.6) is 0 Å². The zero-order valence-electron chi connectivity index (χ0n) is 8.85. The molecule has 90 valence electrons. The van der Waals surface area contributed by atoms with E-state index in [4.69, 9.17) is 9.84 Å². The number of aromatic carboxylic acids is 1. The van der Waals surface area contributed by atoms with Gasteiger partial charge in [-0.05, 0) is 34.7 Å². The zero-order valence-corrected chi connectivity index (χ0v) is 11.0. The number of carbonyl (C=O) groups excluding carboxylic acids is 1. The van der Waals surface area contributed by atoms with Gasteiger partial charge < -0.3 is 14.7 Å². The molecular formula is C11H10INO4. The molecule has 1 aliphatic heterocycles. The van der Waals surface area contributed by atoms with Gasteiger partial charge in [0.25, 0.3) is 5.91 Å². The molecule has 5 nitrogen and oxygen atoms in total. The maximum Gasteiger partial charge on any atom is 0.337 e. The third-order valence-electron chi connectivity index (χ3n) is 2.47. The molecule has 1 saturated heterocycles. The Kier molecular flexibility index (Phi) is 3.63. The fourth-order valence-corrected chi connectivity index (χ4v) is 2.51. The van der Waals surface area contributed by atoms with Crippen LogP contribution < -0.4 is 4.90 Å². The number of hydrogen-bond donors (Lipinski definition) is 1. The number of morpholine rings is 1. The summed E-state index contributed by atoms with van der Waals surface area (Å²) in [6, 6.07) is 4.95. The molecule has 0 radical (unpaired) electrons. The molecule has 0 bridgehead atoms. The molecule has 1 N–H and O–H groups in total. The maximum atomic E-state index is 11.7. The molecule has 0 saturated carbocycles. The van der Waals surface area contributed by atoms with E-state index in [2.05, 4.69) is 0 Å². The van der Waals surface area contributed by atoms with Crippen molar-refractivity contribution in [3.63, 3.8) is 0 Å². The van der Waals surface area contributed by atoms with Gasteiger partial charge in [-0.15, -0.1) is 0 Å². The van der Waals surface area contributed by atoms with Crippen LogP contribution in [0.1, 0.15) is 10.4 Å². The molecule has 0 atom stereocenters. The van der Waals surface area contributed by atoms with Crippen LogP contribution in [-0.2, 0) is 9.53 Å². The summed E-state index contributed by atoms with van der Waals surface area (Å²) < 4.78 is 5.78. The first-order valence-electron chi connectivity index (χ1n) is 5.01. The van der Waals surface area contributed by atoms with Crippen LogP contribution in [0.3, 0.4) is 0 Å². The minimum Gasteiger partial charge on any atom is -0.478 e. The van der Waals surface area contributed by atoms with Crippen LogP contribution in [0.15, 0.2) is 18.2 Å². The van der Waals surface area contributed by atoms with E-state index in [1.165, 1.54) is 11.0 Å². The molecular weight excluding hydrogens is 337 g/mol. The Hall–Kier alpha value is -1.15. The van der Waals surface area contributed by atoms with Gasteiger partial charge >= 0.3 is 5.97 Å². The second-order valence-electron chi connectivity index (χ2n) is 3.54. The van der Waals surface area contributed by atoms with Crippen molar-refractivity contribution in [3.05, 3.63) is 27.3 Å². The normalized spacial score (nSPS) is 16.1. The number of hydrogen-bond acceptors (Lipinski definition) is 3. The van der Waals surface area contributed by atoms with Crippen molar-refractivity contribution < 1.29 is 19.4 Å². The molecule has 1 fully saturated rings. The molecule has 0 spiro atoms.